The molecule has 0 amide bonds. The zero-order valence-electron chi connectivity index (χ0n) is 10.3. The summed E-state index contributed by atoms with van der Waals surface area (Å²) in [5.41, 5.74) is 0. The number of Topliss-reactive ketones (excluding diaryl/α,β-unsaturated/α-hetero) is 2. The lowest BCUT2D eigenvalue weighted by Crippen LogP contribution is -2.22. The number of hydrogen-bond donors (Lipinski definition) is 0. The number of ketones is 2. The van der Waals surface area contributed by atoms with Crippen LogP contribution in [0.15, 0.2) is 35.0 Å². The minimum Gasteiger partial charge on any atom is -0.299 e. The zero-order chi connectivity index (χ0) is 13.1. The van der Waals surface area contributed by atoms with E-state index < -0.39 is 0 Å². The van der Waals surface area contributed by atoms with Gasteiger partial charge in [0.25, 0.3) is 0 Å². The number of hydrogen-bond acceptors (Lipinski definition) is 4. The highest BCUT2D eigenvalue weighted by atomic mass is 32.1. The van der Waals surface area contributed by atoms with E-state index in [1.165, 1.54) is 22.7 Å². The maximum atomic E-state index is 11.9. The summed E-state index contributed by atoms with van der Waals surface area (Å²) in [6.07, 6.45) is 0. The third-order valence-electron chi connectivity index (χ3n) is 2.91. The van der Waals surface area contributed by atoms with Crippen LogP contribution in [0.2, 0.25) is 0 Å². The first kappa shape index (κ1) is 13.2. The molecule has 0 fully saturated rings. The SMILES string of the molecule is CC(=O)C(c1cccs1)C(C(C)=O)c1cccs1. The molecule has 2 aromatic heterocycles. The van der Waals surface area contributed by atoms with Crippen LogP contribution in [-0.4, -0.2) is 11.6 Å². The summed E-state index contributed by atoms with van der Waals surface area (Å²) in [6.45, 7) is 3.13. The lowest BCUT2D eigenvalue weighted by atomic mass is 9.84. The van der Waals surface area contributed by atoms with E-state index in [9.17, 15) is 9.59 Å². The van der Waals surface area contributed by atoms with Crippen molar-refractivity contribution in [3.63, 3.8) is 0 Å². The monoisotopic (exact) mass is 278 g/mol. The minimum absolute atomic E-state index is 0.0473. The highest BCUT2D eigenvalue weighted by Crippen LogP contribution is 2.38. The third-order valence-corrected chi connectivity index (χ3v) is 4.82. The Morgan fingerprint density at radius 1 is 0.889 bits per heavy atom. The van der Waals surface area contributed by atoms with Gasteiger partial charge in [-0.25, -0.2) is 0 Å². The van der Waals surface area contributed by atoms with Gasteiger partial charge in [-0.2, -0.15) is 0 Å². The molecule has 0 aliphatic heterocycles. The maximum Gasteiger partial charge on any atom is 0.139 e. The number of carbonyl (C=O) groups is 2. The fourth-order valence-corrected chi connectivity index (χ4v) is 3.98. The topological polar surface area (TPSA) is 34.1 Å². The van der Waals surface area contributed by atoms with Crippen molar-refractivity contribution >= 4 is 34.2 Å². The van der Waals surface area contributed by atoms with E-state index in [0.717, 1.165) is 9.75 Å². The van der Waals surface area contributed by atoms with Gasteiger partial charge in [-0.15, -0.1) is 22.7 Å². The van der Waals surface area contributed by atoms with Crippen molar-refractivity contribution in [2.45, 2.75) is 25.7 Å². The molecular weight excluding hydrogens is 264 g/mol. The Hall–Kier alpha value is -1.26. The van der Waals surface area contributed by atoms with Gasteiger partial charge >= 0.3 is 0 Å². The van der Waals surface area contributed by atoms with Crippen molar-refractivity contribution in [1.29, 1.82) is 0 Å². The molecule has 0 saturated carbocycles. The van der Waals surface area contributed by atoms with Gasteiger partial charge < -0.3 is 0 Å². The first-order valence-corrected chi connectivity index (χ1v) is 7.45. The summed E-state index contributed by atoms with van der Waals surface area (Å²) < 4.78 is 0. The van der Waals surface area contributed by atoms with Crippen LogP contribution in [0.25, 0.3) is 0 Å². The summed E-state index contributed by atoms with van der Waals surface area (Å²) >= 11 is 3.07. The molecular formula is C14H14O2S2. The Labute approximate surface area is 114 Å². The molecule has 0 saturated heterocycles. The Morgan fingerprint density at radius 3 is 1.50 bits per heavy atom. The smallest absolute Gasteiger partial charge is 0.139 e. The van der Waals surface area contributed by atoms with Crippen molar-refractivity contribution in [3.05, 3.63) is 44.8 Å². The first-order chi connectivity index (χ1) is 8.61. The van der Waals surface area contributed by atoms with Crippen LogP contribution in [-0.2, 0) is 9.59 Å². The fourth-order valence-electron chi connectivity index (χ4n) is 2.14. The van der Waals surface area contributed by atoms with E-state index in [0.29, 0.717) is 0 Å². The first-order valence-electron chi connectivity index (χ1n) is 5.69. The molecule has 0 aliphatic rings. The van der Waals surface area contributed by atoms with Gasteiger partial charge in [0.15, 0.2) is 0 Å². The standard InChI is InChI=1S/C14H14O2S2/c1-9(15)13(11-5-3-7-17-11)14(10(2)16)12-6-4-8-18-12/h3-8,13-14H,1-2H3. The van der Waals surface area contributed by atoms with Crippen LogP contribution in [0.4, 0.5) is 0 Å². The molecule has 2 rings (SSSR count). The Morgan fingerprint density at radius 2 is 1.28 bits per heavy atom. The molecule has 0 spiro atoms. The summed E-state index contributed by atoms with van der Waals surface area (Å²) in [7, 11) is 0. The predicted octanol–water partition coefficient (Wildman–Crippen LogP) is 3.86. The molecule has 0 radical (unpaired) electrons. The van der Waals surface area contributed by atoms with Crippen molar-refractivity contribution in [3.8, 4) is 0 Å². The summed E-state index contributed by atoms with van der Waals surface area (Å²) in [5, 5.41) is 3.88. The minimum atomic E-state index is -0.346. The lowest BCUT2D eigenvalue weighted by Gasteiger charge is -2.21. The number of carbonyl (C=O) groups excluding carboxylic acids is 2. The van der Waals surface area contributed by atoms with Crippen LogP contribution in [0.3, 0.4) is 0 Å². The number of rotatable bonds is 5. The van der Waals surface area contributed by atoms with Gasteiger partial charge in [0.05, 0.1) is 11.8 Å². The Bertz CT molecular complexity index is 476. The largest absolute Gasteiger partial charge is 0.299 e. The second-order valence-corrected chi connectivity index (χ2v) is 6.17. The molecule has 2 unspecified atom stereocenters. The van der Waals surface area contributed by atoms with Gasteiger partial charge in [0.1, 0.15) is 11.6 Å². The van der Waals surface area contributed by atoms with Crippen LogP contribution in [0.1, 0.15) is 35.4 Å². The molecule has 94 valence electrons. The lowest BCUT2D eigenvalue weighted by molar-refractivity contribution is -0.124. The molecule has 0 N–H and O–H groups in total. The average molecular weight is 278 g/mol. The molecule has 0 aromatic carbocycles. The summed E-state index contributed by atoms with van der Waals surface area (Å²) in [6, 6.07) is 7.70. The van der Waals surface area contributed by atoms with E-state index in [1.54, 1.807) is 13.8 Å². The van der Waals surface area contributed by atoms with Crippen molar-refractivity contribution < 1.29 is 9.59 Å². The quantitative estimate of drug-likeness (QED) is 0.832. The van der Waals surface area contributed by atoms with Gasteiger partial charge in [0, 0.05) is 9.75 Å². The normalized spacial score (nSPS) is 14.1. The van der Waals surface area contributed by atoms with Gasteiger partial charge in [0.2, 0.25) is 0 Å². The Balaban J connectivity index is 2.45. The van der Waals surface area contributed by atoms with Gasteiger partial charge in [-0.1, -0.05) is 12.1 Å². The molecule has 2 heterocycles. The van der Waals surface area contributed by atoms with Gasteiger partial charge in [-0.05, 0) is 36.7 Å². The van der Waals surface area contributed by atoms with Crippen molar-refractivity contribution in [2.75, 3.05) is 0 Å². The van der Waals surface area contributed by atoms with Crippen LogP contribution < -0.4 is 0 Å². The van der Waals surface area contributed by atoms with Crippen molar-refractivity contribution in [1.82, 2.24) is 0 Å². The fraction of sp³-hybridized carbons (Fsp3) is 0.286. The molecule has 2 nitrogen and oxygen atoms in total. The van der Waals surface area contributed by atoms with E-state index in [1.807, 2.05) is 35.0 Å². The van der Waals surface area contributed by atoms with E-state index in [4.69, 9.17) is 0 Å². The number of thiophene rings is 2. The predicted molar refractivity (Wildman–Crippen MR) is 75.5 cm³/mol. The Kier molecular flexibility index (Phi) is 4.09. The molecule has 2 atom stereocenters. The maximum absolute atomic E-state index is 11.9. The van der Waals surface area contributed by atoms with Crippen LogP contribution >= 0.6 is 22.7 Å². The van der Waals surface area contributed by atoms with E-state index in [2.05, 4.69) is 0 Å². The van der Waals surface area contributed by atoms with E-state index >= 15 is 0 Å². The third kappa shape index (κ3) is 2.60. The second-order valence-electron chi connectivity index (χ2n) is 4.21. The zero-order valence-corrected chi connectivity index (χ0v) is 11.9. The van der Waals surface area contributed by atoms with Gasteiger partial charge in [-0.3, -0.25) is 9.59 Å². The summed E-state index contributed by atoms with van der Waals surface area (Å²) in [5.74, 6) is -0.598. The molecule has 4 heteroatoms. The van der Waals surface area contributed by atoms with Crippen molar-refractivity contribution in [2.24, 2.45) is 0 Å². The average Bonchev–Trinajstić information content (AvgIpc) is 2.97. The molecule has 2 aromatic rings. The molecule has 18 heavy (non-hydrogen) atoms. The van der Waals surface area contributed by atoms with Crippen LogP contribution in [0, 0.1) is 0 Å². The second kappa shape index (κ2) is 5.59. The van der Waals surface area contributed by atoms with Crippen LogP contribution in [0.5, 0.6) is 0 Å². The highest BCUT2D eigenvalue weighted by Gasteiger charge is 2.33. The summed E-state index contributed by atoms with van der Waals surface area (Å²) in [4.78, 5) is 25.8. The van der Waals surface area contributed by atoms with E-state index in [-0.39, 0.29) is 23.4 Å². The highest BCUT2D eigenvalue weighted by molar-refractivity contribution is 7.10. The molecule has 0 bridgehead atoms. The molecule has 0 aliphatic carbocycles.